The van der Waals surface area contributed by atoms with E-state index in [9.17, 15) is 9.90 Å². The van der Waals surface area contributed by atoms with Gasteiger partial charge in [-0.2, -0.15) is 0 Å². The Morgan fingerprint density at radius 3 is 2.73 bits per heavy atom. The molecular formula is C22H33ClIN7O2. The molecule has 182 valence electrons. The maximum absolute atomic E-state index is 12.2. The number of aliphatic hydroxyl groups is 1. The van der Waals surface area contributed by atoms with E-state index < -0.39 is 0 Å². The molecule has 0 saturated heterocycles. The fourth-order valence-corrected chi connectivity index (χ4v) is 3.41. The number of aliphatic hydroxyl groups excluding tert-OH is 1. The van der Waals surface area contributed by atoms with Gasteiger partial charge in [-0.3, -0.25) is 9.79 Å². The van der Waals surface area contributed by atoms with Gasteiger partial charge in [0.2, 0.25) is 0 Å². The molecule has 0 aliphatic carbocycles. The van der Waals surface area contributed by atoms with Crippen LogP contribution in [0.2, 0.25) is 5.02 Å². The number of amides is 1. The van der Waals surface area contributed by atoms with Gasteiger partial charge in [-0.1, -0.05) is 25.4 Å². The van der Waals surface area contributed by atoms with E-state index in [-0.39, 0.29) is 36.6 Å². The molecule has 0 fully saturated rings. The topological polar surface area (TPSA) is 127 Å². The molecular weight excluding hydrogens is 557 g/mol. The minimum Gasteiger partial charge on any atom is -0.396 e. The van der Waals surface area contributed by atoms with Crippen molar-refractivity contribution in [1.82, 2.24) is 13.7 Å². The summed E-state index contributed by atoms with van der Waals surface area (Å²) in [6.45, 7) is 8.96. The first-order valence-electron chi connectivity index (χ1n) is 10.9. The number of nitrogens with two attached hydrogens (primary N) is 1. The molecule has 0 saturated carbocycles. The second-order valence-electron chi connectivity index (χ2n) is 8.26. The van der Waals surface area contributed by atoms with Gasteiger partial charge in [-0.15, -0.1) is 0 Å². The molecule has 11 heteroatoms. The second kappa shape index (κ2) is 13.1. The van der Waals surface area contributed by atoms with E-state index in [0.717, 1.165) is 0 Å². The minimum absolute atomic E-state index is 0.00582. The summed E-state index contributed by atoms with van der Waals surface area (Å²) in [6, 6.07) is 5.39. The van der Waals surface area contributed by atoms with Crippen molar-refractivity contribution in [1.29, 1.82) is 0 Å². The molecule has 1 amide bonds. The average Bonchev–Trinajstić information content (AvgIpc) is 2.76. The first-order chi connectivity index (χ1) is 15.7. The number of hydrogen-bond donors (Lipinski definition) is 5. The van der Waals surface area contributed by atoms with Gasteiger partial charge >= 0.3 is 0 Å². The highest BCUT2D eigenvalue weighted by atomic mass is 127. The fraction of sp³-hybridized carbons (Fsp3) is 0.500. The predicted molar refractivity (Wildman–Crippen MR) is 144 cm³/mol. The molecule has 0 spiro atoms. The van der Waals surface area contributed by atoms with Gasteiger partial charge < -0.3 is 29.9 Å². The summed E-state index contributed by atoms with van der Waals surface area (Å²) < 4.78 is 1.96. The number of nitrogens with zero attached hydrogens (tertiary/aromatic N) is 3. The Balaban J connectivity index is 2.32. The molecule has 1 aliphatic heterocycles. The summed E-state index contributed by atoms with van der Waals surface area (Å²) in [5.74, 6) is 0.512. The lowest BCUT2D eigenvalue weighted by molar-refractivity contribution is 0.0955. The Bertz CT molecular complexity index is 905. The zero-order valence-electron chi connectivity index (χ0n) is 19.3. The van der Waals surface area contributed by atoms with E-state index in [1.165, 1.54) is 0 Å². The Morgan fingerprint density at radius 1 is 1.42 bits per heavy atom. The van der Waals surface area contributed by atoms with E-state index in [1.54, 1.807) is 30.8 Å². The number of halogens is 2. The summed E-state index contributed by atoms with van der Waals surface area (Å²) in [6.07, 6.45) is 3.13. The van der Waals surface area contributed by atoms with E-state index >= 15 is 0 Å². The number of benzene rings is 1. The molecule has 1 aromatic carbocycles. The highest BCUT2D eigenvalue weighted by Gasteiger charge is 2.27. The first-order valence-corrected chi connectivity index (χ1v) is 12.2. The van der Waals surface area contributed by atoms with Crippen LogP contribution < -0.4 is 21.7 Å². The minimum atomic E-state index is -0.311. The van der Waals surface area contributed by atoms with Crippen LogP contribution in [0.15, 0.2) is 39.7 Å². The molecule has 1 aromatic rings. The average molecular weight is 590 g/mol. The van der Waals surface area contributed by atoms with E-state index in [1.807, 2.05) is 17.0 Å². The lowest BCUT2D eigenvalue weighted by Gasteiger charge is -2.31. The molecule has 9 nitrogen and oxygen atoms in total. The first kappa shape index (κ1) is 27.4. The van der Waals surface area contributed by atoms with Crippen molar-refractivity contribution >= 4 is 58.6 Å². The third kappa shape index (κ3) is 7.83. The van der Waals surface area contributed by atoms with Crippen molar-refractivity contribution in [3.05, 3.63) is 40.3 Å². The van der Waals surface area contributed by atoms with Crippen LogP contribution in [0.25, 0.3) is 0 Å². The smallest absolute Gasteiger partial charge is 0.252 e. The number of aliphatic imine (C=N–C) groups is 2. The molecule has 1 unspecified atom stereocenters. The van der Waals surface area contributed by atoms with Crippen LogP contribution in [0, 0.1) is 11.8 Å². The SMILES string of the molecule is CC(C)[C@H](CO)C1N=CC(/N=C\N(I)C(C)C)=C(Nc2ccc(C(=O)NCCN)c(Cl)c2)N1. The lowest BCUT2D eigenvalue weighted by Crippen LogP contribution is -2.43. The number of rotatable bonds is 11. The van der Waals surface area contributed by atoms with E-state index in [4.69, 9.17) is 17.3 Å². The van der Waals surface area contributed by atoms with Crippen molar-refractivity contribution < 1.29 is 9.90 Å². The van der Waals surface area contributed by atoms with E-state index in [0.29, 0.717) is 40.9 Å². The van der Waals surface area contributed by atoms with Gasteiger partial charge in [-0.05, 0) is 38.0 Å². The Morgan fingerprint density at radius 2 is 2.15 bits per heavy atom. The molecule has 2 atom stereocenters. The number of hydrogen-bond acceptors (Lipinski definition) is 7. The number of anilines is 1. The third-order valence-corrected chi connectivity index (χ3v) is 6.77. The summed E-state index contributed by atoms with van der Waals surface area (Å²) in [5, 5.41) is 19.6. The predicted octanol–water partition coefficient (Wildman–Crippen LogP) is 2.96. The summed E-state index contributed by atoms with van der Waals surface area (Å²) in [4.78, 5) is 21.4. The molecule has 0 radical (unpaired) electrons. The van der Waals surface area contributed by atoms with Gasteiger partial charge in [0, 0.05) is 37.3 Å². The van der Waals surface area contributed by atoms with Gasteiger partial charge in [-0.25, -0.2) is 4.99 Å². The number of allylic oxidation sites excluding steroid dienone is 1. The van der Waals surface area contributed by atoms with Crippen molar-refractivity contribution in [2.45, 2.75) is 39.9 Å². The molecule has 0 bridgehead atoms. The summed E-state index contributed by atoms with van der Waals surface area (Å²) >= 11 is 8.56. The third-order valence-electron chi connectivity index (χ3n) is 5.09. The fourth-order valence-electron chi connectivity index (χ4n) is 3.02. The largest absolute Gasteiger partial charge is 0.396 e. The highest BCUT2D eigenvalue weighted by Crippen LogP contribution is 2.25. The molecule has 1 heterocycles. The van der Waals surface area contributed by atoms with Crippen LogP contribution in [0.1, 0.15) is 38.1 Å². The van der Waals surface area contributed by atoms with Crippen LogP contribution in [0.4, 0.5) is 5.69 Å². The monoisotopic (exact) mass is 589 g/mol. The van der Waals surface area contributed by atoms with Crippen molar-refractivity contribution in [2.75, 3.05) is 25.0 Å². The number of nitrogens with one attached hydrogen (secondary N) is 3. The quantitative estimate of drug-likeness (QED) is 0.117. The highest BCUT2D eigenvalue weighted by molar-refractivity contribution is 14.1. The second-order valence-corrected chi connectivity index (χ2v) is 9.79. The normalized spacial score (nSPS) is 17.0. The van der Waals surface area contributed by atoms with Crippen molar-refractivity contribution in [2.24, 2.45) is 27.6 Å². The molecule has 2 rings (SSSR count). The molecule has 1 aliphatic rings. The summed E-state index contributed by atoms with van der Waals surface area (Å²) in [7, 11) is 0. The van der Waals surface area contributed by atoms with Crippen LogP contribution in [0.5, 0.6) is 0 Å². The molecule has 6 N–H and O–H groups in total. The van der Waals surface area contributed by atoms with Gasteiger partial charge in [0.05, 0.1) is 39.7 Å². The van der Waals surface area contributed by atoms with Crippen LogP contribution in [-0.4, -0.2) is 58.6 Å². The maximum Gasteiger partial charge on any atom is 0.252 e. The summed E-state index contributed by atoms with van der Waals surface area (Å²) in [5.41, 5.74) is 7.10. The van der Waals surface area contributed by atoms with E-state index in [2.05, 4.69) is 62.6 Å². The Kier molecular flexibility index (Phi) is 10.9. The standard InChI is InChI=1S/C22H33ClIN7O2/c1-13(2)17(11-32)20-27-10-19(28-12-31(24)14(3)4)21(30-20)29-15-5-6-16(18(23)9-15)22(33)26-8-7-25/h5-6,9-10,12-14,17,20,29-30,32H,7-8,11,25H2,1-4H3,(H,26,33)/b28-12-/t17-,20?/m0/s1. The van der Waals surface area contributed by atoms with Crippen LogP contribution in [0.3, 0.4) is 0 Å². The van der Waals surface area contributed by atoms with Crippen molar-refractivity contribution in [3.8, 4) is 0 Å². The van der Waals surface area contributed by atoms with Crippen LogP contribution in [-0.2, 0) is 0 Å². The number of carbonyl (C=O) groups is 1. The van der Waals surface area contributed by atoms with Crippen molar-refractivity contribution in [3.63, 3.8) is 0 Å². The van der Waals surface area contributed by atoms with Gasteiger partial charge in [0.1, 0.15) is 24.0 Å². The van der Waals surface area contributed by atoms with Gasteiger partial charge in [0.15, 0.2) is 0 Å². The Labute approximate surface area is 214 Å². The molecule has 0 aromatic heterocycles. The zero-order valence-corrected chi connectivity index (χ0v) is 22.3. The molecule has 33 heavy (non-hydrogen) atoms. The maximum atomic E-state index is 12.2. The number of carbonyl (C=O) groups excluding carboxylic acids is 1. The Hall–Kier alpha value is -1.89. The lowest BCUT2D eigenvalue weighted by atomic mass is 9.93. The van der Waals surface area contributed by atoms with Gasteiger partial charge in [0.25, 0.3) is 5.91 Å². The van der Waals surface area contributed by atoms with Crippen LogP contribution >= 0.6 is 34.5 Å². The zero-order chi connectivity index (χ0) is 24.5.